The van der Waals surface area contributed by atoms with E-state index in [1.165, 1.54) is 0 Å². The van der Waals surface area contributed by atoms with Crippen LogP contribution >= 0.6 is 28.3 Å². The number of piperidine rings is 1. The van der Waals surface area contributed by atoms with Gasteiger partial charge in [0, 0.05) is 23.6 Å². The monoisotopic (exact) mass is 382 g/mol. The molecule has 2 rings (SSSR count). The fourth-order valence-corrected chi connectivity index (χ4v) is 4.81. The largest absolute Gasteiger partial charge is 0.317 e. The van der Waals surface area contributed by atoms with E-state index in [0.29, 0.717) is 28.5 Å². The summed E-state index contributed by atoms with van der Waals surface area (Å²) in [5.41, 5.74) is 0.951. The van der Waals surface area contributed by atoms with E-state index in [1.807, 2.05) is 20.0 Å². The summed E-state index contributed by atoms with van der Waals surface area (Å²) in [5.74, 6) is 0. The minimum atomic E-state index is -3.39. The fourth-order valence-electron chi connectivity index (χ4n) is 2.33. The zero-order chi connectivity index (χ0) is 14.0. The van der Waals surface area contributed by atoms with Crippen LogP contribution in [0.3, 0.4) is 0 Å². The van der Waals surface area contributed by atoms with Gasteiger partial charge in [-0.25, -0.2) is 8.42 Å². The number of hydrogen-bond acceptors (Lipinski definition) is 3. The maximum atomic E-state index is 12.6. The Labute approximate surface area is 135 Å². The van der Waals surface area contributed by atoms with Crippen molar-refractivity contribution in [1.29, 1.82) is 0 Å². The van der Waals surface area contributed by atoms with Crippen molar-refractivity contribution < 1.29 is 8.42 Å². The molecule has 1 fully saturated rings. The van der Waals surface area contributed by atoms with Crippen molar-refractivity contribution in [2.75, 3.05) is 20.1 Å². The van der Waals surface area contributed by atoms with Crippen LogP contribution < -0.4 is 5.32 Å². The first kappa shape index (κ1) is 17.9. The van der Waals surface area contributed by atoms with Crippen molar-refractivity contribution in [2.45, 2.75) is 30.7 Å². The number of hydrogen-bond donors (Lipinski definition) is 1. The minimum absolute atomic E-state index is 0. The SMILES string of the molecule is CNC1CCN(S(=O)(=O)c2cc(C)ccc2Br)CC1.Cl. The molecule has 1 aliphatic heterocycles. The van der Waals surface area contributed by atoms with Crippen LogP contribution in [-0.2, 0) is 10.0 Å². The first-order valence-corrected chi connectivity index (χ1v) is 8.62. The van der Waals surface area contributed by atoms with E-state index >= 15 is 0 Å². The van der Waals surface area contributed by atoms with Gasteiger partial charge in [-0.05, 0) is 60.4 Å². The Morgan fingerprint density at radius 3 is 2.45 bits per heavy atom. The third-order valence-corrected chi connectivity index (χ3v) is 6.46. The lowest BCUT2D eigenvalue weighted by Gasteiger charge is -2.31. The number of nitrogens with one attached hydrogen (secondary N) is 1. The maximum absolute atomic E-state index is 12.6. The molecule has 0 spiro atoms. The summed E-state index contributed by atoms with van der Waals surface area (Å²) in [5, 5.41) is 3.21. The molecule has 1 heterocycles. The van der Waals surface area contributed by atoms with Crippen LogP contribution in [0.2, 0.25) is 0 Å². The summed E-state index contributed by atoms with van der Waals surface area (Å²) in [7, 11) is -1.47. The average Bonchev–Trinajstić information content (AvgIpc) is 2.41. The Bertz CT molecular complexity index is 557. The number of nitrogens with zero attached hydrogens (tertiary/aromatic N) is 1. The molecule has 7 heteroatoms. The molecule has 114 valence electrons. The molecule has 0 bridgehead atoms. The quantitative estimate of drug-likeness (QED) is 0.872. The predicted octanol–water partition coefficient (Wildman–Crippen LogP) is 2.55. The molecule has 0 unspecified atom stereocenters. The zero-order valence-corrected chi connectivity index (χ0v) is 14.8. The van der Waals surface area contributed by atoms with Crippen molar-refractivity contribution in [3.05, 3.63) is 28.2 Å². The Kier molecular flexibility index (Phi) is 6.47. The second-order valence-corrected chi connectivity index (χ2v) is 7.66. The van der Waals surface area contributed by atoms with Gasteiger partial charge >= 0.3 is 0 Å². The molecule has 1 aliphatic rings. The molecular weight excluding hydrogens is 364 g/mol. The van der Waals surface area contributed by atoms with Crippen LogP contribution in [0.25, 0.3) is 0 Å². The van der Waals surface area contributed by atoms with Gasteiger partial charge in [-0.3, -0.25) is 0 Å². The standard InChI is InChI=1S/C13H19BrN2O2S.ClH/c1-10-3-4-12(14)13(9-10)19(17,18)16-7-5-11(15-2)6-8-16;/h3-4,9,11,15H,5-8H2,1-2H3;1H. The summed E-state index contributed by atoms with van der Waals surface area (Å²) in [6.07, 6.45) is 1.72. The first-order valence-electron chi connectivity index (χ1n) is 6.38. The van der Waals surface area contributed by atoms with E-state index in [-0.39, 0.29) is 12.4 Å². The molecule has 0 aliphatic carbocycles. The van der Waals surface area contributed by atoms with Crippen molar-refractivity contribution in [3.63, 3.8) is 0 Å². The van der Waals surface area contributed by atoms with Crippen molar-refractivity contribution in [2.24, 2.45) is 0 Å². The normalized spacial score (nSPS) is 17.8. The molecule has 0 saturated carbocycles. The smallest absolute Gasteiger partial charge is 0.244 e. The molecule has 1 saturated heterocycles. The van der Waals surface area contributed by atoms with Crippen LogP contribution in [0, 0.1) is 6.92 Å². The van der Waals surface area contributed by atoms with Gasteiger partial charge in [0.05, 0.1) is 4.90 Å². The van der Waals surface area contributed by atoms with Crippen LogP contribution in [0.15, 0.2) is 27.6 Å². The average molecular weight is 384 g/mol. The van der Waals surface area contributed by atoms with E-state index in [9.17, 15) is 8.42 Å². The molecule has 0 amide bonds. The van der Waals surface area contributed by atoms with Gasteiger partial charge in [-0.15, -0.1) is 12.4 Å². The van der Waals surface area contributed by atoms with Crippen molar-refractivity contribution in [3.8, 4) is 0 Å². The summed E-state index contributed by atoms with van der Waals surface area (Å²) in [4.78, 5) is 0.371. The predicted molar refractivity (Wildman–Crippen MR) is 87.0 cm³/mol. The third kappa shape index (κ3) is 3.74. The second kappa shape index (κ2) is 7.22. The van der Waals surface area contributed by atoms with Gasteiger partial charge in [0.15, 0.2) is 0 Å². The van der Waals surface area contributed by atoms with Gasteiger partial charge in [0.1, 0.15) is 0 Å². The van der Waals surface area contributed by atoms with E-state index in [1.54, 1.807) is 16.4 Å². The Hall–Kier alpha value is -0.140. The third-order valence-electron chi connectivity index (χ3n) is 3.57. The van der Waals surface area contributed by atoms with Crippen molar-refractivity contribution >= 4 is 38.4 Å². The summed E-state index contributed by atoms with van der Waals surface area (Å²) in [6.45, 7) is 3.06. The van der Waals surface area contributed by atoms with Crippen LogP contribution in [0.4, 0.5) is 0 Å². The van der Waals surface area contributed by atoms with Gasteiger partial charge in [0.2, 0.25) is 10.0 Å². The van der Waals surface area contributed by atoms with Crippen LogP contribution in [-0.4, -0.2) is 38.9 Å². The fraction of sp³-hybridized carbons (Fsp3) is 0.538. The van der Waals surface area contributed by atoms with E-state index < -0.39 is 10.0 Å². The highest BCUT2D eigenvalue weighted by Gasteiger charge is 2.30. The van der Waals surface area contributed by atoms with Gasteiger partial charge in [-0.1, -0.05) is 6.07 Å². The lowest BCUT2D eigenvalue weighted by molar-refractivity contribution is 0.298. The van der Waals surface area contributed by atoms with Gasteiger partial charge < -0.3 is 5.32 Å². The van der Waals surface area contributed by atoms with Crippen LogP contribution in [0.1, 0.15) is 18.4 Å². The summed E-state index contributed by atoms with van der Waals surface area (Å²) < 4.78 is 27.5. The lowest BCUT2D eigenvalue weighted by Crippen LogP contribution is -2.43. The number of aryl methyl sites for hydroxylation is 1. The number of rotatable bonds is 3. The second-order valence-electron chi connectivity index (χ2n) is 4.90. The van der Waals surface area contributed by atoms with Crippen molar-refractivity contribution in [1.82, 2.24) is 9.62 Å². The summed E-state index contributed by atoms with van der Waals surface area (Å²) in [6, 6.07) is 5.84. The summed E-state index contributed by atoms with van der Waals surface area (Å²) >= 11 is 3.34. The highest BCUT2D eigenvalue weighted by molar-refractivity contribution is 9.10. The number of sulfonamides is 1. The Morgan fingerprint density at radius 1 is 1.30 bits per heavy atom. The lowest BCUT2D eigenvalue weighted by atomic mass is 10.1. The molecule has 0 radical (unpaired) electrons. The van der Waals surface area contributed by atoms with Crippen LogP contribution in [0.5, 0.6) is 0 Å². The van der Waals surface area contributed by atoms with E-state index in [0.717, 1.165) is 18.4 Å². The zero-order valence-electron chi connectivity index (χ0n) is 11.6. The van der Waals surface area contributed by atoms with E-state index in [4.69, 9.17) is 0 Å². The first-order chi connectivity index (χ1) is 8.95. The molecule has 0 atom stereocenters. The van der Waals surface area contributed by atoms with E-state index in [2.05, 4.69) is 21.2 Å². The molecule has 1 aromatic rings. The Balaban J connectivity index is 0.00000200. The number of halogens is 2. The topological polar surface area (TPSA) is 49.4 Å². The molecule has 20 heavy (non-hydrogen) atoms. The molecule has 4 nitrogen and oxygen atoms in total. The highest BCUT2D eigenvalue weighted by atomic mass is 79.9. The number of benzene rings is 1. The van der Waals surface area contributed by atoms with Gasteiger partial charge in [-0.2, -0.15) is 4.31 Å². The molecular formula is C13H20BrClN2O2S. The molecule has 1 aromatic carbocycles. The molecule has 1 N–H and O–H groups in total. The molecule has 0 aromatic heterocycles. The van der Waals surface area contributed by atoms with Gasteiger partial charge in [0.25, 0.3) is 0 Å². The maximum Gasteiger partial charge on any atom is 0.244 e. The Morgan fingerprint density at radius 2 is 1.90 bits per heavy atom. The highest BCUT2D eigenvalue weighted by Crippen LogP contribution is 2.27. The minimum Gasteiger partial charge on any atom is -0.317 e.